The highest BCUT2D eigenvalue weighted by molar-refractivity contribution is 5.70. The zero-order valence-corrected chi connectivity index (χ0v) is 15.0. The molecule has 0 radical (unpaired) electrons. The smallest absolute Gasteiger partial charge is 0.388 e. The Kier molecular flexibility index (Phi) is 10.3. The molecule has 0 aromatic heterocycles. The summed E-state index contributed by atoms with van der Waals surface area (Å²) in [6.45, 7) is 7.44. The standard InChI is InChI=1S/C17H30O6/c1-6-7-8-9-10-11-12-13(2)17(21-14(3)18,22-15(4)19)23-16(5)20/h13H,6-12H2,1-5H3. The number of hydrogen-bond donors (Lipinski definition) is 0. The minimum absolute atomic E-state index is 0.453. The van der Waals surface area contributed by atoms with E-state index in [-0.39, 0.29) is 0 Å². The van der Waals surface area contributed by atoms with Gasteiger partial charge in [-0.25, -0.2) is 0 Å². The Morgan fingerprint density at radius 3 is 1.57 bits per heavy atom. The number of hydrogen-bond acceptors (Lipinski definition) is 6. The Hall–Kier alpha value is -1.59. The molecule has 0 amide bonds. The van der Waals surface area contributed by atoms with E-state index in [1.54, 1.807) is 6.92 Å². The Bertz CT molecular complexity index is 350. The van der Waals surface area contributed by atoms with Crippen LogP contribution in [0, 0.1) is 5.92 Å². The van der Waals surface area contributed by atoms with Gasteiger partial charge in [0.25, 0.3) is 0 Å². The van der Waals surface area contributed by atoms with E-state index in [1.165, 1.54) is 40.0 Å². The first-order chi connectivity index (χ1) is 10.7. The number of carbonyl (C=O) groups is 3. The lowest BCUT2D eigenvalue weighted by Crippen LogP contribution is -2.48. The van der Waals surface area contributed by atoms with Gasteiger partial charge in [-0.2, -0.15) is 0 Å². The van der Waals surface area contributed by atoms with Crippen molar-refractivity contribution in [3.8, 4) is 0 Å². The lowest BCUT2D eigenvalue weighted by atomic mass is 9.99. The van der Waals surface area contributed by atoms with Crippen molar-refractivity contribution >= 4 is 17.9 Å². The van der Waals surface area contributed by atoms with E-state index in [9.17, 15) is 14.4 Å². The van der Waals surface area contributed by atoms with E-state index in [0.29, 0.717) is 6.42 Å². The van der Waals surface area contributed by atoms with Gasteiger partial charge in [-0.05, 0) is 6.42 Å². The number of esters is 3. The van der Waals surface area contributed by atoms with Crippen molar-refractivity contribution < 1.29 is 28.6 Å². The molecule has 1 atom stereocenters. The molecule has 23 heavy (non-hydrogen) atoms. The molecule has 0 aliphatic heterocycles. The predicted octanol–water partition coefficient (Wildman–Crippen LogP) is 3.72. The summed E-state index contributed by atoms with van der Waals surface area (Å²) in [4.78, 5) is 34.1. The average Bonchev–Trinajstić information content (AvgIpc) is 2.39. The van der Waals surface area contributed by atoms with Gasteiger partial charge in [-0.3, -0.25) is 14.4 Å². The molecule has 0 heterocycles. The van der Waals surface area contributed by atoms with Crippen LogP contribution in [0.3, 0.4) is 0 Å². The molecule has 0 saturated carbocycles. The van der Waals surface area contributed by atoms with Crippen molar-refractivity contribution in [2.24, 2.45) is 5.92 Å². The molecule has 0 aromatic rings. The van der Waals surface area contributed by atoms with Crippen molar-refractivity contribution in [2.75, 3.05) is 0 Å². The van der Waals surface area contributed by atoms with Crippen LogP contribution in [-0.2, 0) is 28.6 Å². The van der Waals surface area contributed by atoms with Crippen LogP contribution in [0.5, 0.6) is 0 Å². The van der Waals surface area contributed by atoms with Crippen LogP contribution < -0.4 is 0 Å². The zero-order chi connectivity index (χ0) is 17.9. The lowest BCUT2D eigenvalue weighted by molar-refractivity contribution is -0.350. The Balaban J connectivity index is 4.82. The summed E-state index contributed by atoms with van der Waals surface area (Å²) in [5, 5.41) is 0. The zero-order valence-electron chi connectivity index (χ0n) is 15.0. The topological polar surface area (TPSA) is 78.9 Å². The first-order valence-electron chi connectivity index (χ1n) is 8.32. The second kappa shape index (κ2) is 11.0. The largest absolute Gasteiger partial charge is 0.426 e. The molecule has 0 saturated heterocycles. The van der Waals surface area contributed by atoms with Gasteiger partial charge in [0.15, 0.2) is 0 Å². The fraction of sp³-hybridized carbons (Fsp3) is 0.824. The van der Waals surface area contributed by atoms with Crippen molar-refractivity contribution in [2.45, 2.75) is 85.5 Å². The van der Waals surface area contributed by atoms with Gasteiger partial charge in [-0.15, -0.1) is 0 Å². The normalized spacial score (nSPS) is 12.4. The maximum Gasteiger partial charge on any atom is 0.426 e. The molecule has 1 unspecified atom stereocenters. The average molecular weight is 330 g/mol. The maximum atomic E-state index is 11.4. The van der Waals surface area contributed by atoms with E-state index in [1.807, 2.05) is 0 Å². The second-order valence-electron chi connectivity index (χ2n) is 5.84. The van der Waals surface area contributed by atoms with Gasteiger partial charge in [0, 0.05) is 20.8 Å². The molecule has 0 bridgehead atoms. The Morgan fingerprint density at radius 2 is 1.17 bits per heavy atom. The fourth-order valence-corrected chi connectivity index (χ4v) is 2.37. The minimum atomic E-state index is -1.98. The third-order valence-corrected chi connectivity index (χ3v) is 3.45. The highest BCUT2D eigenvalue weighted by Gasteiger charge is 2.47. The summed E-state index contributed by atoms with van der Waals surface area (Å²) in [6, 6.07) is 0. The molecule has 0 fully saturated rings. The summed E-state index contributed by atoms with van der Waals surface area (Å²) in [5.74, 6) is -4.47. The maximum absolute atomic E-state index is 11.4. The van der Waals surface area contributed by atoms with Crippen molar-refractivity contribution in [1.29, 1.82) is 0 Å². The predicted molar refractivity (Wildman–Crippen MR) is 85.2 cm³/mol. The molecule has 0 aliphatic rings. The summed E-state index contributed by atoms with van der Waals surface area (Å²) in [6.07, 6.45) is 7.23. The summed E-state index contributed by atoms with van der Waals surface area (Å²) >= 11 is 0. The SMILES string of the molecule is CCCCCCCCC(C)C(OC(C)=O)(OC(C)=O)OC(C)=O. The first-order valence-corrected chi connectivity index (χ1v) is 8.32. The fourth-order valence-electron chi connectivity index (χ4n) is 2.37. The van der Waals surface area contributed by atoms with Gasteiger partial charge in [0.05, 0.1) is 5.92 Å². The first kappa shape index (κ1) is 21.4. The molecular formula is C17H30O6. The van der Waals surface area contributed by atoms with Gasteiger partial charge in [-0.1, -0.05) is 52.4 Å². The van der Waals surface area contributed by atoms with Crippen molar-refractivity contribution in [3.05, 3.63) is 0 Å². The molecule has 6 heteroatoms. The van der Waals surface area contributed by atoms with Gasteiger partial charge >= 0.3 is 23.9 Å². The number of ether oxygens (including phenoxy) is 3. The van der Waals surface area contributed by atoms with Crippen molar-refractivity contribution in [1.82, 2.24) is 0 Å². The third-order valence-electron chi connectivity index (χ3n) is 3.45. The molecule has 0 rings (SSSR count). The molecule has 0 N–H and O–H groups in total. The van der Waals surface area contributed by atoms with E-state index in [4.69, 9.17) is 14.2 Å². The summed E-state index contributed by atoms with van der Waals surface area (Å²) in [5.41, 5.74) is 0. The number of unbranched alkanes of at least 4 members (excludes halogenated alkanes) is 5. The van der Waals surface area contributed by atoms with Gasteiger partial charge in [0.2, 0.25) is 0 Å². The van der Waals surface area contributed by atoms with Crippen LogP contribution >= 0.6 is 0 Å². The second-order valence-corrected chi connectivity index (χ2v) is 5.84. The molecule has 0 aliphatic carbocycles. The van der Waals surface area contributed by atoms with Gasteiger partial charge in [0.1, 0.15) is 0 Å². The Labute approximate surface area is 138 Å². The molecule has 0 spiro atoms. The van der Waals surface area contributed by atoms with E-state index >= 15 is 0 Å². The lowest BCUT2D eigenvalue weighted by Gasteiger charge is -2.34. The molecule has 134 valence electrons. The number of rotatable bonds is 11. The van der Waals surface area contributed by atoms with E-state index < -0.39 is 29.8 Å². The van der Waals surface area contributed by atoms with Crippen LogP contribution in [0.15, 0.2) is 0 Å². The third kappa shape index (κ3) is 9.21. The molecule has 6 nitrogen and oxygen atoms in total. The summed E-state index contributed by atoms with van der Waals surface area (Å²) < 4.78 is 15.3. The summed E-state index contributed by atoms with van der Waals surface area (Å²) in [7, 11) is 0. The van der Waals surface area contributed by atoms with Crippen molar-refractivity contribution in [3.63, 3.8) is 0 Å². The van der Waals surface area contributed by atoms with Crippen LogP contribution in [0.4, 0.5) is 0 Å². The van der Waals surface area contributed by atoms with E-state index in [2.05, 4.69) is 6.92 Å². The number of carbonyl (C=O) groups excluding carboxylic acids is 3. The molecule has 0 aromatic carbocycles. The highest BCUT2D eigenvalue weighted by Crippen LogP contribution is 2.31. The quantitative estimate of drug-likeness (QED) is 0.326. The van der Waals surface area contributed by atoms with Crippen LogP contribution in [0.1, 0.15) is 79.6 Å². The van der Waals surface area contributed by atoms with Crippen LogP contribution in [-0.4, -0.2) is 23.9 Å². The Morgan fingerprint density at radius 1 is 0.783 bits per heavy atom. The minimum Gasteiger partial charge on any atom is -0.388 e. The van der Waals surface area contributed by atoms with E-state index in [0.717, 1.165) is 19.3 Å². The van der Waals surface area contributed by atoms with Crippen LogP contribution in [0.2, 0.25) is 0 Å². The van der Waals surface area contributed by atoms with Gasteiger partial charge < -0.3 is 14.2 Å². The highest BCUT2D eigenvalue weighted by atomic mass is 16.9. The van der Waals surface area contributed by atoms with Crippen LogP contribution in [0.25, 0.3) is 0 Å². The monoisotopic (exact) mass is 330 g/mol. The molecular weight excluding hydrogens is 300 g/mol.